The first kappa shape index (κ1) is 8.73. The lowest BCUT2D eigenvalue weighted by molar-refractivity contribution is 0.380. The van der Waals surface area contributed by atoms with Crippen LogP contribution in [0.1, 0.15) is 18.2 Å². The van der Waals surface area contributed by atoms with E-state index in [1.165, 1.54) is 6.07 Å². The van der Waals surface area contributed by atoms with Crippen LogP contribution < -0.4 is 11.4 Å². The number of hydrogen-bond acceptors (Lipinski definition) is 4. The zero-order valence-corrected chi connectivity index (χ0v) is 6.78. The first-order valence-corrected chi connectivity index (χ1v) is 3.58. The van der Waals surface area contributed by atoms with E-state index in [0.717, 1.165) is 0 Å². The first-order chi connectivity index (χ1) is 5.74. The average Bonchev–Trinajstić information content (AvgIpc) is 2.47. The lowest BCUT2D eigenvalue weighted by Crippen LogP contribution is -2.11. The molecule has 0 aliphatic heterocycles. The summed E-state index contributed by atoms with van der Waals surface area (Å²) in [4.78, 5) is 14.4. The Morgan fingerprint density at radius 3 is 3.17 bits per heavy atom. The van der Waals surface area contributed by atoms with Crippen LogP contribution in [0.2, 0.25) is 0 Å². The van der Waals surface area contributed by atoms with Crippen molar-refractivity contribution in [3.8, 4) is 0 Å². The predicted molar refractivity (Wildman–Crippen MR) is 45.3 cm³/mol. The Morgan fingerprint density at radius 1 is 1.92 bits per heavy atom. The monoisotopic (exact) mass is 169 g/mol. The summed E-state index contributed by atoms with van der Waals surface area (Å²) in [5, 5.41) is 2.44. The number of nitrogens with one attached hydrogen (secondary N) is 1. The van der Waals surface area contributed by atoms with Gasteiger partial charge < -0.3 is 15.2 Å². The first-order valence-electron chi connectivity index (χ1n) is 3.58. The maximum atomic E-state index is 10.6. The van der Waals surface area contributed by atoms with Gasteiger partial charge in [-0.3, -0.25) is 0 Å². The van der Waals surface area contributed by atoms with Crippen molar-refractivity contribution in [1.29, 1.82) is 0 Å². The molecule has 0 bridgehead atoms. The van der Waals surface area contributed by atoms with Gasteiger partial charge in [-0.25, -0.2) is 9.95 Å². The molecule has 0 saturated carbocycles. The molecule has 0 aromatic carbocycles. The van der Waals surface area contributed by atoms with Gasteiger partial charge in [-0.05, 0) is 0 Å². The molecule has 0 amide bonds. The van der Waals surface area contributed by atoms with Crippen molar-refractivity contribution in [3.63, 3.8) is 0 Å². The third kappa shape index (κ3) is 2.06. The number of aromatic nitrogens is 1. The van der Waals surface area contributed by atoms with E-state index in [1.54, 1.807) is 13.3 Å². The number of nitrogens with zero attached hydrogens (tertiary/aromatic N) is 1. The fraction of sp³-hybridized carbons (Fsp3) is 0.429. The molecule has 1 aromatic rings. The van der Waals surface area contributed by atoms with Crippen molar-refractivity contribution in [2.24, 2.45) is 10.7 Å². The van der Waals surface area contributed by atoms with Gasteiger partial charge in [0.2, 0.25) is 0 Å². The molecule has 1 heterocycles. The molecule has 0 aliphatic carbocycles. The van der Waals surface area contributed by atoms with E-state index in [2.05, 4.69) is 14.7 Å². The maximum absolute atomic E-state index is 10.6. The van der Waals surface area contributed by atoms with Gasteiger partial charge in [0.25, 0.3) is 0 Å². The standard InChI is InChI=1S/C7H11N3O2/c1-9-3-2-5(8)6-4-7(11)12-10-6/h3-5,10H,2,8H2,1H3. The molecule has 66 valence electrons. The Morgan fingerprint density at radius 2 is 2.67 bits per heavy atom. The number of hydrogen-bond donors (Lipinski definition) is 2. The molecule has 0 aliphatic rings. The fourth-order valence-corrected chi connectivity index (χ4v) is 0.824. The predicted octanol–water partition coefficient (Wildman–Crippen LogP) is 0.0584. The van der Waals surface area contributed by atoms with Crippen LogP contribution in [0.15, 0.2) is 20.4 Å². The summed E-state index contributed by atoms with van der Waals surface area (Å²) in [7, 11) is 1.67. The van der Waals surface area contributed by atoms with Gasteiger partial charge in [0.1, 0.15) is 0 Å². The summed E-state index contributed by atoms with van der Waals surface area (Å²) >= 11 is 0. The highest BCUT2D eigenvalue weighted by atomic mass is 16.5. The number of aliphatic imine (C=N–C) groups is 1. The molecule has 0 spiro atoms. The van der Waals surface area contributed by atoms with Crippen LogP contribution in [-0.4, -0.2) is 18.4 Å². The Kier molecular flexibility index (Phi) is 2.82. The van der Waals surface area contributed by atoms with E-state index < -0.39 is 5.63 Å². The molecule has 5 nitrogen and oxygen atoms in total. The molecular weight excluding hydrogens is 158 g/mol. The van der Waals surface area contributed by atoms with Crippen molar-refractivity contribution in [3.05, 3.63) is 22.2 Å². The van der Waals surface area contributed by atoms with Gasteiger partial charge in [0.05, 0.1) is 11.7 Å². The lowest BCUT2D eigenvalue weighted by atomic mass is 10.2. The summed E-state index contributed by atoms with van der Waals surface area (Å²) in [6, 6.07) is 1.09. The molecule has 3 N–H and O–H groups in total. The minimum Gasteiger partial charge on any atom is -0.339 e. The summed E-state index contributed by atoms with van der Waals surface area (Å²) in [6.45, 7) is 0. The third-order valence-electron chi connectivity index (χ3n) is 1.48. The second-order valence-electron chi connectivity index (χ2n) is 2.41. The normalized spacial score (nSPS) is 13.8. The minimum absolute atomic E-state index is 0.250. The highest BCUT2D eigenvalue weighted by Crippen LogP contribution is 2.06. The topological polar surface area (TPSA) is 84.4 Å². The molecule has 0 fully saturated rings. The molecule has 5 heteroatoms. The van der Waals surface area contributed by atoms with E-state index in [0.29, 0.717) is 12.1 Å². The Labute approximate surface area is 69.3 Å². The summed E-state index contributed by atoms with van der Waals surface area (Å²) in [6.07, 6.45) is 2.28. The molecule has 1 aromatic heterocycles. The lowest BCUT2D eigenvalue weighted by Gasteiger charge is -2.02. The van der Waals surface area contributed by atoms with Crippen molar-refractivity contribution in [2.45, 2.75) is 12.5 Å². The average molecular weight is 169 g/mol. The van der Waals surface area contributed by atoms with Crippen LogP contribution in [0.3, 0.4) is 0 Å². The minimum atomic E-state index is -0.408. The summed E-state index contributed by atoms with van der Waals surface area (Å²) < 4.78 is 4.46. The van der Waals surface area contributed by atoms with Crippen LogP contribution in [0.5, 0.6) is 0 Å². The van der Waals surface area contributed by atoms with Gasteiger partial charge in [0.15, 0.2) is 0 Å². The molecule has 1 rings (SSSR count). The summed E-state index contributed by atoms with van der Waals surface area (Å²) in [5.41, 5.74) is 5.86. The Balaban J connectivity index is 2.64. The van der Waals surface area contributed by atoms with Gasteiger partial charge in [-0.15, -0.1) is 0 Å². The van der Waals surface area contributed by atoms with Crippen molar-refractivity contribution in [1.82, 2.24) is 5.16 Å². The second-order valence-corrected chi connectivity index (χ2v) is 2.41. The van der Waals surface area contributed by atoms with Crippen molar-refractivity contribution >= 4 is 6.21 Å². The number of nitrogens with two attached hydrogens (primary N) is 1. The van der Waals surface area contributed by atoms with Crippen LogP contribution in [0, 0.1) is 0 Å². The highest BCUT2D eigenvalue weighted by Gasteiger charge is 2.07. The van der Waals surface area contributed by atoms with Gasteiger partial charge in [0, 0.05) is 25.7 Å². The zero-order valence-electron chi connectivity index (χ0n) is 6.78. The van der Waals surface area contributed by atoms with E-state index in [1.807, 2.05) is 0 Å². The van der Waals surface area contributed by atoms with Crippen LogP contribution in [-0.2, 0) is 0 Å². The Bertz CT molecular complexity index is 312. The molecule has 0 saturated heterocycles. The van der Waals surface area contributed by atoms with E-state index >= 15 is 0 Å². The largest absolute Gasteiger partial charge is 0.357 e. The van der Waals surface area contributed by atoms with Crippen LogP contribution in [0.4, 0.5) is 0 Å². The van der Waals surface area contributed by atoms with E-state index in [4.69, 9.17) is 5.73 Å². The Hall–Kier alpha value is -1.36. The number of H-pyrrole nitrogens is 1. The smallest absolute Gasteiger partial charge is 0.339 e. The van der Waals surface area contributed by atoms with Gasteiger partial charge in [-0.2, -0.15) is 0 Å². The maximum Gasteiger partial charge on any atom is 0.357 e. The summed E-state index contributed by atoms with van der Waals surface area (Å²) in [5.74, 6) is 0. The van der Waals surface area contributed by atoms with E-state index in [-0.39, 0.29) is 6.04 Å². The van der Waals surface area contributed by atoms with Gasteiger partial charge in [-0.1, -0.05) is 0 Å². The zero-order chi connectivity index (χ0) is 8.97. The SMILES string of the molecule is CN=CCC(N)c1cc(=O)o[nH]1. The van der Waals surface area contributed by atoms with Crippen LogP contribution in [0.25, 0.3) is 0 Å². The third-order valence-corrected chi connectivity index (χ3v) is 1.48. The molecule has 0 radical (unpaired) electrons. The van der Waals surface area contributed by atoms with E-state index in [9.17, 15) is 4.79 Å². The van der Waals surface area contributed by atoms with Gasteiger partial charge >= 0.3 is 5.63 Å². The van der Waals surface area contributed by atoms with Crippen molar-refractivity contribution < 1.29 is 4.52 Å². The second kappa shape index (κ2) is 3.87. The fourth-order valence-electron chi connectivity index (χ4n) is 0.824. The number of rotatable bonds is 3. The van der Waals surface area contributed by atoms with Crippen molar-refractivity contribution in [2.75, 3.05) is 7.05 Å². The molecule has 12 heavy (non-hydrogen) atoms. The molecular formula is C7H11N3O2. The molecule has 1 unspecified atom stereocenters. The quantitative estimate of drug-likeness (QED) is 0.627. The molecule has 1 atom stereocenters. The van der Waals surface area contributed by atoms with Crippen LogP contribution >= 0.6 is 0 Å². The highest BCUT2D eigenvalue weighted by molar-refractivity contribution is 5.58. The number of aromatic amines is 1.